The third kappa shape index (κ3) is 9.30. The molecule has 0 aliphatic heterocycles. The van der Waals surface area contributed by atoms with Crippen LogP contribution in [0.3, 0.4) is 0 Å². The summed E-state index contributed by atoms with van der Waals surface area (Å²) in [6.07, 6.45) is 0. The summed E-state index contributed by atoms with van der Waals surface area (Å²) in [4.78, 5) is 0. The summed E-state index contributed by atoms with van der Waals surface area (Å²) in [6, 6.07) is 0. The van der Waals surface area contributed by atoms with Gasteiger partial charge in [0, 0.05) is 0 Å². The summed E-state index contributed by atoms with van der Waals surface area (Å²) in [7, 11) is 9.22. The van der Waals surface area contributed by atoms with Crippen molar-refractivity contribution in [1.82, 2.24) is 0 Å². The molecule has 4 heavy (non-hydrogen) atoms. The Morgan fingerprint density at radius 2 is 1.25 bits per heavy atom. The maximum atomic E-state index is 4.76. The first kappa shape index (κ1) is 9.21. The van der Waals surface area contributed by atoms with Gasteiger partial charge in [0.05, 0.1) is 0 Å². The van der Waals surface area contributed by atoms with Gasteiger partial charge in [0.2, 0.25) is 0 Å². The molecule has 0 nitrogen and oxygen atoms in total. The van der Waals surface area contributed by atoms with Crippen molar-refractivity contribution < 1.29 is 32.4 Å². The molecule has 0 atom stereocenters. The molecule has 0 amide bonds. The van der Waals surface area contributed by atoms with Gasteiger partial charge in [-0.2, -0.15) is 0 Å². The molecule has 0 aliphatic rings. The number of rotatable bonds is 0. The van der Waals surface area contributed by atoms with Gasteiger partial charge >= 0.3 is 52.2 Å². The first-order valence-electron chi connectivity index (χ1n) is 0.410. The van der Waals surface area contributed by atoms with E-state index in [1.807, 2.05) is 0 Å². The SMILES string of the molecule is [Cl][Mn].[Cl][Zn]. The molecule has 0 saturated carbocycles. The van der Waals surface area contributed by atoms with Crippen molar-refractivity contribution in [3.05, 3.63) is 0 Å². The predicted molar refractivity (Wildman–Crippen MR) is 11.7 cm³/mol. The van der Waals surface area contributed by atoms with Crippen LogP contribution in [0.4, 0.5) is 0 Å². The third-order valence-corrected chi connectivity index (χ3v) is 0. The van der Waals surface area contributed by atoms with Gasteiger partial charge in [0.15, 0.2) is 0 Å². The minimum absolute atomic E-state index is 0.847. The minimum atomic E-state index is 0.847. The first-order chi connectivity index (χ1) is 2.00. The third-order valence-electron chi connectivity index (χ3n) is 0. The van der Waals surface area contributed by atoms with E-state index in [4.69, 9.17) is 9.69 Å². The van der Waals surface area contributed by atoms with Crippen molar-refractivity contribution in [2.45, 2.75) is 0 Å². The van der Waals surface area contributed by atoms with Crippen LogP contribution in [0.15, 0.2) is 0 Å². The maximum absolute atomic E-state index is 4.76. The van der Waals surface area contributed by atoms with E-state index in [0.29, 0.717) is 0 Å². The van der Waals surface area contributed by atoms with Gasteiger partial charge in [-0.25, -0.2) is 0 Å². The van der Waals surface area contributed by atoms with Crippen molar-refractivity contribution in [2.75, 3.05) is 0 Å². The molecular formula is Cl2MnZn. The van der Waals surface area contributed by atoms with E-state index in [0.717, 1.165) is 17.3 Å². The molecule has 0 aromatic heterocycles. The van der Waals surface area contributed by atoms with Gasteiger partial charge in [-0.1, -0.05) is 0 Å². The Kier molecular flexibility index (Phi) is 50.8. The van der Waals surface area contributed by atoms with E-state index in [2.05, 4.69) is 25.2 Å². The number of hydrogen-bond donors (Lipinski definition) is 0. The molecule has 23 valence electrons. The second-order valence-electron chi connectivity index (χ2n) is 0. The molecule has 0 aromatic rings. The van der Waals surface area contributed by atoms with Crippen molar-refractivity contribution in [1.29, 1.82) is 0 Å². The molecule has 0 unspecified atom stereocenters. The molecule has 0 N–H and O–H groups in total. The van der Waals surface area contributed by atoms with Crippen LogP contribution in [0.25, 0.3) is 0 Å². The van der Waals surface area contributed by atoms with Crippen LogP contribution >= 0.6 is 19.8 Å². The van der Waals surface area contributed by atoms with Crippen molar-refractivity contribution >= 4 is 19.8 Å². The van der Waals surface area contributed by atoms with E-state index in [1.54, 1.807) is 0 Å². The van der Waals surface area contributed by atoms with Crippen LogP contribution < -0.4 is 0 Å². The van der Waals surface area contributed by atoms with Crippen LogP contribution in [0.5, 0.6) is 0 Å². The quantitative estimate of drug-likeness (QED) is 0.507. The van der Waals surface area contributed by atoms with Gasteiger partial charge in [-0.3, -0.25) is 0 Å². The van der Waals surface area contributed by atoms with Crippen LogP contribution in [-0.4, -0.2) is 0 Å². The molecule has 0 fully saturated rings. The van der Waals surface area contributed by atoms with E-state index in [1.165, 1.54) is 0 Å². The molecule has 0 saturated heterocycles. The van der Waals surface area contributed by atoms with E-state index in [-0.39, 0.29) is 0 Å². The monoisotopic (exact) mass is 189 g/mol. The number of hydrogen-bond acceptors (Lipinski definition) is 0. The Balaban J connectivity index is 0. The fourth-order valence-corrected chi connectivity index (χ4v) is 0. The Morgan fingerprint density at radius 1 is 1.25 bits per heavy atom. The zero-order valence-electron chi connectivity index (χ0n) is 1.84. The van der Waals surface area contributed by atoms with Gasteiger partial charge in [-0.15, -0.1) is 0 Å². The van der Waals surface area contributed by atoms with Crippen LogP contribution in [0, 0.1) is 0 Å². The average molecular weight is 191 g/mol. The summed E-state index contributed by atoms with van der Waals surface area (Å²) in [5.41, 5.74) is 0. The summed E-state index contributed by atoms with van der Waals surface area (Å²) < 4.78 is 0. The molecule has 4 heteroatoms. The summed E-state index contributed by atoms with van der Waals surface area (Å²) in [6.45, 7) is 0. The normalized spacial score (nSPS) is 3.25. The number of halogens is 2. The van der Waals surface area contributed by atoms with Gasteiger partial charge in [0.1, 0.15) is 0 Å². The summed E-state index contributed by atoms with van der Waals surface area (Å²) in [5.74, 6) is 0. The topological polar surface area (TPSA) is 0 Å². The van der Waals surface area contributed by atoms with Crippen molar-refractivity contribution in [2.24, 2.45) is 0 Å². The van der Waals surface area contributed by atoms with Crippen LogP contribution in [0.2, 0.25) is 0 Å². The average Bonchev–Trinajstić information content (AvgIpc) is 1.50. The van der Waals surface area contributed by atoms with Crippen LogP contribution in [-0.2, 0) is 32.4 Å². The fraction of sp³-hybridized carbons (Fsp3) is 0. The molecule has 0 radical (unpaired) electrons. The first-order valence-corrected chi connectivity index (χ1v) is 5.93. The van der Waals surface area contributed by atoms with Gasteiger partial charge in [-0.05, 0) is 0 Å². The van der Waals surface area contributed by atoms with Gasteiger partial charge < -0.3 is 0 Å². The second-order valence-corrected chi connectivity index (χ2v) is 0. The molecule has 0 heterocycles. The van der Waals surface area contributed by atoms with Gasteiger partial charge in [0.25, 0.3) is 0 Å². The van der Waals surface area contributed by atoms with E-state index in [9.17, 15) is 0 Å². The second kappa shape index (κ2) is 22.1. The Morgan fingerprint density at radius 3 is 1.25 bits per heavy atom. The zero-order chi connectivity index (χ0) is 4.00. The Bertz CT molecular complexity index is 6.00. The molecule has 0 rings (SSSR count). The predicted octanol–water partition coefficient (Wildman–Crippen LogP) is 1.37. The van der Waals surface area contributed by atoms with E-state index < -0.39 is 0 Å². The molecular weight excluding hydrogens is 191 g/mol. The fourth-order valence-electron chi connectivity index (χ4n) is 0. The zero-order valence-corrected chi connectivity index (χ0v) is 7.50. The van der Waals surface area contributed by atoms with Crippen LogP contribution in [0.1, 0.15) is 0 Å². The summed E-state index contributed by atoms with van der Waals surface area (Å²) >= 11 is 3.26. The molecule has 0 bridgehead atoms. The standard InChI is InChI=1S/2ClH.Mn.Zn/h2*1H;;/q;;2*+1/p-2. The van der Waals surface area contributed by atoms with Crippen molar-refractivity contribution in [3.8, 4) is 0 Å². The molecule has 0 aliphatic carbocycles. The van der Waals surface area contributed by atoms with E-state index >= 15 is 0 Å². The molecule has 0 spiro atoms. The van der Waals surface area contributed by atoms with Crippen molar-refractivity contribution in [3.63, 3.8) is 0 Å². The Hall–Kier alpha value is 1.72. The Labute approximate surface area is 52.0 Å². The molecule has 0 aromatic carbocycles. The summed E-state index contributed by atoms with van der Waals surface area (Å²) in [5, 5.41) is 0.